The number of carbonyl (C=O) groups is 1. The van der Waals surface area contributed by atoms with Crippen LogP contribution in [0.5, 0.6) is 0 Å². The van der Waals surface area contributed by atoms with Crippen LogP contribution >= 0.6 is 27.5 Å². The number of benzene rings is 1. The molecule has 0 aliphatic rings. The average Bonchev–Trinajstić information content (AvgIpc) is 2.32. The van der Waals surface area contributed by atoms with Gasteiger partial charge in [0, 0.05) is 25.6 Å². The minimum absolute atomic E-state index is 0.0813. The standard InChI is InChI=1S/C11H14BrClN2O3S/c1-14(2)11(16)7-15(3)19(17,18)8-4-5-10(13)9(12)6-8/h4-6H,7H2,1-3H3. The third-order valence-corrected chi connectivity index (χ3v) is 5.47. The van der Waals surface area contributed by atoms with Gasteiger partial charge in [0.05, 0.1) is 16.5 Å². The van der Waals surface area contributed by atoms with Crippen molar-refractivity contribution in [3.8, 4) is 0 Å². The number of nitrogens with zero attached hydrogens (tertiary/aromatic N) is 2. The van der Waals surface area contributed by atoms with Crippen molar-refractivity contribution in [3.63, 3.8) is 0 Å². The van der Waals surface area contributed by atoms with E-state index in [0.717, 1.165) is 4.31 Å². The highest BCUT2D eigenvalue weighted by Crippen LogP contribution is 2.26. The normalized spacial score (nSPS) is 11.7. The fraction of sp³-hybridized carbons (Fsp3) is 0.364. The molecule has 0 bridgehead atoms. The van der Waals surface area contributed by atoms with E-state index in [4.69, 9.17) is 11.6 Å². The van der Waals surface area contributed by atoms with Crippen molar-refractivity contribution < 1.29 is 13.2 Å². The van der Waals surface area contributed by atoms with Crippen molar-refractivity contribution in [2.24, 2.45) is 0 Å². The van der Waals surface area contributed by atoms with Crippen LogP contribution in [-0.2, 0) is 14.8 Å². The highest BCUT2D eigenvalue weighted by molar-refractivity contribution is 9.10. The van der Waals surface area contributed by atoms with Gasteiger partial charge in [-0.25, -0.2) is 8.42 Å². The van der Waals surface area contributed by atoms with Gasteiger partial charge >= 0.3 is 0 Å². The molecule has 1 amide bonds. The van der Waals surface area contributed by atoms with Crippen LogP contribution in [0.25, 0.3) is 0 Å². The molecule has 0 heterocycles. The van der Waals surface area contributed by atoms with Crippen molar-refractivity contribution in [2.45, 2.75) is 4.90 Å². The van der Waals surface area contributed by atoms with Crippen molar-refractivity contribution in [1.82, 2.24) is 9.21 Å². The van der Waals surface area contributed by atoms with Crippen LogP contribution in [0, 0.1) is 0 Å². The summed E-state index contributed by atoms with van der Waals surface area (Å²) in [5.41, 5.74) is 0. The summed E-state index contributed by atoms with van der Waals surface area (Å²) in [6.07, 6.45) is 0. The van der Waals surface area contributed by atoms with E-state index in [9.17, 15) is 13.2 Å². The molecule has 0 aliphatic carbocycles. The first-order valence-electron chi connectivity index (χ1n) is 5.28. The first-order chi connectivity index (χ1) is 8.66. The van der Waals surface area contributed by atoms with Gasteiger partial charge in [-0.1, -0.05) is 11.6 Å². The van der Waals surface area contributed by atoms with E-state index >= 15 is 0 Å². The van der Waals surface area contributed by atoms with Gasteiger partial charge < -0.3 is 4.90 Å². The second-order valence-electron chi connectivity index (χ2n) is 4.13. The quantitative estimate of drug-likeness (QED) is 0.813. The molecule has 1 rings (SSSR count). The molecule has 0 saturated heterocycles. The zero-order valence-corrected chi connectivity index (χ0v) is 13.9. The van der Waals surface area contributed by atoms with Gasteiger partial charge in [-0.3, -0.25) is 4.79 Å². The maximum Gasteiger partial charge on any atom is 0.243 e. The van der Waals surface area contributed by atoms with E-state index < -0.39 is 10.0 Å². The lowest BCUT2D eigenvalue weighted by Crippen LogP contribution is -2.37. The Balaban J connectivity index is 3.03. The zero-order chi connectivity index (χ0) is 14.8. The Bertz CT molecular complexity index is 590. The van der Waals surface area contributed by atoms with Gasteiger partial charge in [-0.2, -0.15) is 4.31 Å². The largest absolute Gasteiger partial charge is 0.348 e. The van der Waals surface area contributed by atoms with Gasteiger partial charge in [-0.05, 0) is 34.1 Å². The molecule has 0 unspecified atom stereocenters. The Hall–Kier alpha value is -0.630. The lowest BCUT2D eigenvalue weighted by molar-refractivity contribution is -0.128. The Labute approximate surface area is 126 Å². The molecule has 19 heavy (non-hydrogen) atoms. The number of carbonyl (C=O) groups excluding carboxylic acids is 1. The van der Waals surface area contributed by atoms with Crippen LogP contribution in [0.2, 0.25) is 5.02 Å². The Morgan fingerprint density at radius 3 is 2.37 bits per heavy atom. The maximum absolute atomic E-state index is 12.2. The molecule has 1 aromatic carbocycles. The second kappa shape index (κ2) is 6.21. The third-order valence-electron chi connectivity index (χ3n) is 2.46. The van der Waals surface area contributed by atoms with Crippen molar-refractivity contribution in [3.05, 3.63) is 27.7 Å². The summed E-state index contributed by atoms with van der Waals surface area (Å²) in [6.45, 7) is -0.213. The predicted octanol–water partition coefficient (Wildman–Crippen LogP) is 1.81. The molecule has 5 nitrogen and oxygen atoms in total. The summed E-state index contributed by atoms with van der Waals surface area (Å²) in [4.78, 5) is 13.0. The maximum atomic E-state index is 12.2. The van der Waals surface area contributed by atoms with E-state index in [0.29, 0.717) is 9.50 Å². The molecule has 0 aliphatic heterocycles. The molecule has 0 saturated carbocycles. The van der Waals surface area contributed by atoms with Crippen molar-refractivity contribution >= 4 is 43.5 Å². The zero-order valence-electron chi connectivity index (χ0n) is 10.7. The van der Waals surface area contributed by atoms with Crippen LogP contribution in [-0.4, -0.2) is 51.2 Å². The van der Waals surface area contributed by atoms with Gasteiger partial charge in [0.25, 0.3) is 0 Å². The molecule has 0 spiro atoms. The van der Waals surface area contributed by atoms with Crippen LogP contribution in [0.3, 0.4) is 0 Å². The van der Waals surface area contributed by atoms with Crippen LogP contribution < -0.4 is 0 Å². The minimum atomic E-state index is -3.71. The number of hydrogen-bond acceptors (Lipinski definition) is 3. The molecule has 1 aromatic rings. The van der Waals surface area contributed by atoms with Gasteiger partial charge in [-0.15, -0.1) is 0 Å². The van der Waals surface area contributed by atoms with Crippen molar-refractivity contribution in [1.29, 1.82) is 0 Å². The summed E-state index contributed by atoms with van der Waals surface area (Å²) >= 11 is 8.99. The number of halogens is 2. The first-order valence-corrected chi connectivity index (χ1v) is 7.89. The fourth-order valence-corrected chi connectivity index (χ4v) is 3.03. The molecule has 106 valence electrons. The number of hydrogen-bond donors (Lipinski definition) is 0. The van der Waals surface area contributed by atoms with Crippen LogP contribution in [0.15, 0.2) is 27.6 Å². The molecular formula is C11H14BrClN2O3S. The van der Waals surface area contributed by atoms with Crippen LogP contribution in [0.4, 0.5) is 0 Å². The van der Waals surface area contributed by atoms with Gasteiger partial charge in [0.1, 0.15) is 0 Å². The first kappa shape index (κ1) is 16.4. The summed E-state index contributed by atoms with van der Waals surface area (Å²) < 4.78 is 26.0. The van der Waals surface area contributed by atoms with Gasteiger partial charge in [0.2, 0.25) is 15.9 Å². The van der Waals surface area contributed by atoms with E-state index in [2.05, 4.69) is 15.9 Å². The Kier molecular flexibility index (Phi) is 5.37. The van der Waals surface area contributed by atoms with Crippen molar-refractivity contribution in [2.75, 3.05) is 27.7 Å². The average molecular weight is 370 g/mol. The van der Waals surface area contributed by atoms with E-state index in [1.54, 1.807) is 14.1 Å². The molecule has 0 aromatic heterocycles. The highest BCUT2D eigenvalue weighted by Gasteiger charge is 2.24. The van der Waals surface area contributed by atoms with E-state index in [1.807, 2.05) is 0 Å². The molecule has 0 radical (unpaired) electrons. The summed E-state index contributed by atoms with van der Waals surface area (Å²) in [7, 11) is 0.793. The van der Waals surface area contributed by atoms with E-state index in [-0.39, 0.29) is 17.3 Å². The summed E-state index contributed by atoms with van der Waals surface area (Å²) in [5, 5.41) is 0.422. The Morgan fingerprint density at radius 2 is 1.89 bits per heavy atom. The topological polar surface area (TPSA) is 57.7 Å². The fourth-order valence-electron chi connectivity index (χ4n) is 1.23. The summed E-state index contributed by atoms with van der Waals surface area (Å²) in [5.74, 6) is -0.292. The minimum Gasteiger partial charge on any atom is -0.348 e. The smallest absolute Gasteiger partial charge is 0.243 e. The molecule has 0 N–H and O–H groups in total. The monoisotopic (exact) mass is 368 g/mol. The second-order valence-corrected chi connectivity index (χ2v) is 7.43. The van der Waals surface area contributed by atoms with E-state index in [1.165, 1.54) is 30.1 Å². The van der Waals surface area contributed by atoms with Crippen LogP contribution in [0.1, 0.15) is 0 Å². The SMILES string of the molecule is CN(C)C(=O)CN(C)S(=O)(=O)c1ccc(Cl)c(Br)c1. The third kappa shape index (κ3) is 3.92. The number of likely N-dealkylation sites (N-methyl/N-ethyl adjacent to an activating group) is 2. The number of sulfonamides is 1. The number of amides is 1. The molecular weight excluding hydrogens is 356 g/mol. The lowest BCUT2D eigenvalue weighted by Gasteiger charge is -2.19. The van der Waals surface area contributed by atoms with Gasteiger partial charge in [0.15, 0.2) is 0 Å². The molecule has 0 atom stereocenters. The highest BCUT2D eigenvalue weighted by atomic mass is 79.9. The predicted molar refractivity (Wildman–Crippen MR) is 77.7 cm³/mol. The Morgan fingerprint density at radius 1 is 1.32 bits per heavy atom. The summed E-state index contributed by atoms with van der Waals surface area (Å²) in [6, 6.07) is 4.30. The molecule has 8 heteroatoms. The number of rotatable bonds is 4. The molecule has 0 fully saturated rings. The lowest BCUT2D eigenvalue weighted by atomic mass is 10.4.